The monoisotopic (exact) mass is 256 g/mol. The van der Waals surface area contributed by atoms with E-state index in [-0.39, 0.29) is 0 Å². The molecule has 0 radical (unpaired) electrons. The molecule has 0 amide bonds. The Morgan fingerprint density at radius 3 is 2.67 bits per heavy atom. The second-order valence-electron chi connectivity index (χ2n) is 6.03. The van der Waals surface area contributed by atoms with Crippen LogP contribution >= 0.6 is 0 Å². The summed E-state index contributed by atoms with van der Waals surface area (Å²) in [4.78, 5) is 2.52. The van der Waals surface area contributed by atoms with Crippen molar-refractivity contribution in [1.82, 2.24) is 10.2 Å². The van der Waals surface area contributed by atoms with Gasteiger partial charge in [-0.3, -0.25) is 0 Å². The van der Waals surface area contributed by atoms with E-state index in [1.54, 1.807) is 0 Å². The standard InChI is InChI=1S/C15H32N2O/c1-5-7-14(3)17(4)12-15(8-10-18-13-15)11-16-9-6-2/h14,16H,5-13H2,1-4H3. The minimum atomic E-state index is 0.339. The SMILES string of the molecule is CCCNCC1(CN(C)C(C)CCC)CCOC1. The molecule has 1 fully saturated rings. The normalized spacial score (nSPS) is 25.8. The molecule has 0 bridgehead atoms. The first-order valence-electron chi connectivity index (χ1n) is 7.62. The van der Waals surface area contributed by atoms with E-state index in [4.69, 9.17) is 4.74 Å². The fourth-order valence-corrected chi connectivity index (χ4v) is 2.82. The molecule has 0 aromatic carbocycles. The van der Waals surface area contributed by atoms with Gasteiger partial charge < -0.3 is 15.0 Å². The fourth-order valence-electron chi connectivity index (χ4n) is 2.82. The summed E-state index contributed by atoms with van der Waals surface area (Å²) >= 11 is 0. The summed E-state index contributed by atoms with van der Waals surface area (Å²) in [5.41, 5.74) is 0.339. The van der Waals surface area contributed by atoms with Crippen LogP contribution in [0.15, 0.2) is 0 Å². The van der Waals surface area contributed by atoms with Gasteiger partial charge in [-0.15, -0.1) is 0 Å². The van der Waals surface area contributed by atoms with Gasteiger partial charge in [0.05, 0.1) is 6.61 Å². The molecule has 1 heterocycles. The van der Waals surface area contributed by atoms with Crippen LogP contribution in [0.4, 0.5) is 0 Å². The molecular weight excluding hydrogens is 224 g/mol. The van der Waals surface area contributed by atoms with Gasteiger partial charge >= 0.3 is 0 Å². The molecule has 1 N–H and O–H groups in total. The Morgan fingerprint density at radius 1 is 1.33 bits per heavy atom. The Kier molecular flexibility index (Phi) is 7.20. The van der Waals surface area contributed by atoms with Gasteiger partial charge in [-0.1, -0.05) is 20.3 Å². The van der Waals surface area contributed by atoms with E-state index in [1.807, 2.05) is 0 Å². The molecule has 3 nitrogen and oxygen atoms in total. The highest BCUT2D eigenvalue weighted by Crippen LogP contribution is 2.29. The van der Waals surface area contributed by atoms with Crippen LogP contribution in [0.2, 0.25) is 0 Å². The molecule has 0 aromatic rings. The zero-order valence-electron chi connectivity index (χ0n) is 12.8. The van der Waals surface area contributed by atoms with Crippen molar-refractivity contribution in [2.45, 2.75) is 52.5 Å². The number of ether oxygens (including phenoxy) is 1. The minimum Gasteiger partial charge on any atom is -0.381 e. The first-order chi connectivity index (χ1) is 8.63. The van der Waals surface area contributed by atoms with Crippen LogP contribution in [-0.4, -0.2) is 50.8 Å². The van der Waals surface area contributed by atoms with Crippen LogP contribution in [0.3, 0.4) is 0 Å². The maximum Gasteiger partial charge on any atom is 0.0547 e. The lowest BCUT2D eigenvalue weighted by Crippen LogP contribution is -2.46. The highest BCUT2D eigenvalue weighted by molar-refractivity contribution is 4.88. The van der Waals surface area contributed by atoms with Crippen LogP contribution in [0.1, 0.15) is 46.5 Å². The van der Waals surface area contributed by atoms with Crippen molar-refractivity contribution in [3.8, 4) is 0 Å². The Hall–Kier alpha value is -0.120. The van der Waals surface area contributed by atoms with Gasteiger partial charge in [0.1, 0.15) is 0 Å². The third-order valence-corrected chi connectivity index (χ3v) is 4.16. The lowest BCUT2D eigenvalue weighted by atomic mass is 9.86. The van der Waals surface area contributed by atoms with Crippen molar-refractivity contribution in [3.63, 3.8) is 0 Å². The third kappa shape index (κ3) is 4.87. The van der Waals surface area contributed by atoms with E-state index in [0.717, 1.165) is 32.8 Å². The number of rotatable bonds is 9. The van der Waals surface area contributed by atoms with Gasteiger partial charge in [0.25, 0.3) is 0 Å². The Morgan fingerprint density at radius 2 is 2.11 bits per heavy atom. The first kappa shape index (κ1) is 15.9. The average Bonchev–Trinajstić information content (AvgIpc) is 2.78. The summed E-state index contributed by atoms with van der Waals surface area (Å²) in [7, 11) is 2.26. The van der Waals surface area contributed by atoms with Crippen molar-refractivity contribution in [3.05, 3.63) is 0 Å². The first-order valence-corrected chi connectivity index (χ1v) is 7.62. The van der Waals surface area contributed by atoms with E-state index in [1.165, 1.54) is 25.7 Å². The number of nitrogens with one attached hydrogen (secondary N) is 1. The second-order valence-corrected chi connectivity index (χ2v) is 6.03. The Bertz CT molecular complexity index is 215. The predicted molar refractivity (Wildman–Crippen MR) is 78.0 cm³/mol. The van der Waals surface area contributed by atoms with Crippen molar-refractivity contribution < 1.29 is 4.74 Å². The van der Waals surface area contributed by atoms with Crippen LogP contribution in [0, 0.1) is 5.41 Å². The van der Waals surface area contributed by atoms with Crippen LogP contribution in [0.25, 0.3) is 0 Å². The molecule has 1 aliphatic heterocycles. The molecule has 2 atom stereocenters. The van der Waals surface area contributed by atoms with Gasteiger partial charge in [-0.25, -0.2) is 0 Å². The molecular formula is C15H32N2O. The van der Waals surface area contributed by atoms with E-state index >= 15 is 0 Å². The predicted octanol–water partition coefficient (Wildman–Crippen LogP) is 2.51. The van der Waals surface area contributed by atoms with Crippen LogP contribution < -0.4 is 5.32 Å². The number of hydrogen-bond donors (Lipinski definition) is 1. The third-order valence-electron chi connectivity index (χ3n) is 4.16. The summed E-state index contributed by atoms with van der Waals surface area (Å²) in [6.07, 6.45) is 4.96. The molecule has 1 saturated heterocycles. The van der Waals surface area contributed by atoms with Gasteiger partial charge in [0.2, 0.25) is 0 Å². The van der Waals surface area contributed by atoms with Gasteiger partial charge in [-0.05, 0) is 39.8 Å². The van der Waals surface area contributed by atoms with Crippen LogP contribution in [0.5, 0.6) is 0 Å². The topological polar surface area (TPSA) is 24.5 Å². The molecule has 108 valence electrons. The zero-order valence-corrected chi connectivity index (χ0v) is 12.8. The average molecular weight is 256 g/mol. The van der Waals surface area contributed by atoms with Gasteiger partial charge in [0, 0.05) is 31.2 Å². The van der Waals surface area contributed by atoms with E-state index in [9.17, 15) is 0 Å². The number of nitrogens with zero attached hydrogens (tertiary/aromatic N) is 1. The fraction of sp³-hybridized carbons (Fsp3) is 1.00. The second kappa shape index (κ2) is 8.13. The smallest absolute Gasteiger partial charge is 0.0547 e. The molecule has 1 aliphatic rings. The van der Waals surface area contributed by atoms with Crippen LogP contribution in [-0.2, 0) is 4.74 Å². The van der Waals surface area contributed by atoms with Gasteiger partial charge in [-0.2, -0.15) is 0 Å². The Labute approximate surface area is 113 Å². The highest BCUT2D eigenvalue weighted by Gasteiger charge is 2.36. The van der Waals surface area contributed by atoms with E-state index in [2.05, 4.69) is 38.0 Å². The van der Waals surface area contributed by atoms with Crippen molar-refractivity contribution >= 4 is 0 Å². The van der Waals surface area contributed by atoms with E-state index < -0.39 is 0 Å². The maximum absolute atomic E-state index is 5.67. The lowest BCUT2D eigenvalue weighted by molar-refractivity contribution is 0.102. The van der Waals surface area contributed by atoms with Gasteiger partial charge in [0.15, 0.2) is 0 Å². The molecule has 0 aromatic heterocycles. The minimum absolute atomic E-state index is 0.339. The summed E-state index contributed by atoms with van der Waals surface area (Å²) < 4.78 is 5.67. The zero-order chi connectivity index (χ0) is 13.4. The Balaban J connectivity index is 2.45. The van der Waals surface area contributed by atoms with Crippen molar-refractivity contribution in [2.24, 2.45) is 5.41 Å². The largest absolute Gasteiger partial charge is 0.381 e. The number of hydrogen-bond acceptors (Lipinski definition) is 3. The summed E-state index contributed by atoms with van der Waals surface area (Å²) in [6, 6.07) is 0.679. The molecule has 0 aliphatic carbocycles. The maximum atomic E-state index is 5.67. The molecule has 0 spiro atoms. The summed E-state index contributed by atoms with van der Waals surface area (Å²) in [6.45, 7) is 12.1. The highest BCUT2D eigenvalue weighted by atomic mass is 16.5. The molecule has 3 heteroatoms. The quantitative estimate of drug-likeness (QED) is 0.642. The molecule has 1 rings (SSSR count). The summed E-state index contributed by atoms with van der Waals surface area (Å²) in [5, 5.41) is 3.59. The lowest BCUT2D eigenvalue weighted by Gasteiger charge is -2.35. The summed E-state index contributed by atoms with van der Waals surface area (Å²) in [5.74, 6) is 0. The molecule has 18 heavy (non-hydrogen) atoms. The molecule has 2 unspecified atom stereocenters. The van der Waals surface area contributed by atoms with E-state index in [0.29, 0.717) is 11.5 Å². The molecule has 0 saturated carbocycles. The van der Waals surface area contributed by atoms with Crippen molar-refractivity contribution in [1.29, 1.82) is 0 Å². The van der Waals surface area contributed by atoms with Crippen molar-refractivity contribution in [2.75, 3.05) is 39.9 Å².